The molecule has 1 amide bonds. The van der Waals surface area contributed by atoms with Crippen molar-refractivity contribution in [3.05, 3.63) is 41.2 Å². The predicted molar refractivity (Wildman–Crippen MR) is 76.9 cm³/mol. The average Bonchev–Trinajstić information content (AvgIpc) is 3.09. The van der Waals surface area contributed by atoms with Crippen molar-refractivity contribution in [1.82, 2.24) is 19.9 Å². The van der Waals surface area contributed by atoms with E-state index in [0.717, 1.165) is 11.9 Å². The van der Waals surface area contributed by atoms with Gasteiger partial charge in [0.05, 0.1) is 5.56 Å². The van der Waals surface area contributed by atoms with Gasteiger partial charge in [0, 0.05) is 37.6 Å². The fourth-order valence-electron chi connectivity index (χ4n) is 2.85. The number of hydrogen-bond acceptors (Lipinski definition) is 2. The van der Waals surface area contributed by atoms with Gasteiger partial charge in [-0.3, -0.25) is 4.79 Å². The summed E-state index contributed by atoms with van der Waals surface area (Å²) in [5.41, 5.74) is 0.529. The summed E-state index contributed by atoms with van der Waals surface area (Å²) in [6.45, 7) is 2.68. The van der Waals surface area contributed by atoms with E-state index in [4.69, 9.17) is 0 Å². The summed E-state index contributed by atoms with van der Waals surface area (Å²) < 4.78 is 39.6. The van der Waals surface area contributed by atoms with Crippen LogP contribution >= 0.6 is 0 Å². The number of alkyl halides is 3. The maximum atomic E-state index is 12.7. The lowest BCUT2D eigenvalue weighted by Crippen LogP contribution is -2.33. The van der Waals surface area contributed by atoms with E-state index in [1.54, 1.807) is 16.8 Å². The quantitative estimate of drug-likeness (QED) is 0.910. The molecule has 0 aromatic carbocycles. The summed E-state index contributed by atoms with van der Waals surface area (Å²) in [6, 6.07) is 1.70. The molecule has 1 aliphatic heterocycles. The second kappa shape index (κ2) is 5.75. The number of carbonyl (C=O) groups excluding carboxylic acids is 1. The van der Waals surface area contributed by atoms with Gasteiger partial charge in [-0.1, -0.05) is 0 Å². The summed E-state index contributed by atoms with van der Waals surface area (Å²) in [5, 5.41) is 2.85. The van der Waals surface area contributed by atoms with Crippen molar-refractivity contribution in [3.63, 3.8) is 0 Å². The van der Waals surface area contributed by atoms with Crippen LogP contribution in [0.25, 0.3) is 0 Å². The predicted octanol–water partition coefficient (Wildman–Crippen LogP) is 2.53. The van der Waals surface area contributed by atoms with Crippen molar-refractivity contribution < 1.29 is 18.0 Å². The molecule has 0 spiro atoms. The fraction of sp³-hybridized carbons (Fsp3) is 0.467. The van der Waals surface area contributed by atoms with Gasteiger partial charge >= 0.3 is 6.18 Å². The fourth-order valence-corrected chi connectivity index (χ4v) is 2.85. The highest BCUT2D eigenvalue weighted by Crippen LogP contribution is 2.30. The number of carbonyl (C=O) groups is 1. The molecule has 124 valence electrons. The third kappa shape index (κ3) is 3.25. The molecule has 0 fully saturated rings. The molecule has 1 unspecified atom stereocenters. The molecule has 0 aliphatic carbocycles. The van der Waals surface area contributed by atoms with Crippen molar-refractivity contribution in [2.24, 2.45) is 5.92 Å². The van der Waals surface area contributed by atoms with Crippen LogP contribution in [0.2, 0.25) is 0 Å². The molecule has 5 nitrogen and oxygen atoms in total. The molecule has 1 atom stereocenters. The van der Waals surface area contributed by atoms with E-state index in [2.05, 4.69) is 15.3 Å². The van der Waals surface area contributed by atoms with Crippen molar-refractivity contribution >= 4 is 5.91 Å². The Morgan fingerprint density at radius 3 is 2.96 bits per heavy atom. The maximum absolute atomic E-state index is 12.7. The number of hydrogen-bond donors (Lipinski definition) is 2. The Bertz CT molecular complexity index is 717. The third-order valence-electron chi connectivity index (χ3n) is 4.13. The number of nitrogens with zero attached hydrogens (tertiary/aromatic N) is 2. The van der Waals surface area contributed by atoms with Gasteiger partial charge in [0.25, 0.3) is 5.91 Å². The van der Waals surface area contributed by atoms with Gasteiger partial charge in [-0.25, -0.2) is 4.98 Å². The van der Waals surface area contributed by atoms with E-state index in [1.807, 2.05) is 6.92 Å². The molecule has 0 saturated carbocycles. The Morgan fingerprint density at radius 1 is 1.52 bits per heavy atom. The third-order valence-corrected chi connectivity index (χ3v) is 4.13. The molecule has 3 heterocycles. The van der Waals surface area contributed by atoms with Crippen molar-refractivity contribution in [2.75, 3.05) is 6.54 Å². The lowest BCUT2D eigenvalue weighted by Gasteiger charge is -2.23. The zero-order valence-electron chi connectivity index (χ0n) is 12.6. The first-order chi connectivity index (χ1) is 10.8. The van der Waals surface area contributed by atoms with E-state index in [9.17, 15) is 18.0 Å². The lowest BCUT2D eigenvalue weighted by molar-refractivity contribution is -0.141. The number of halogens is 3. The molecule has 2 N–H and O–H groups in total. The number of imidazole rings is 1. The van der Waals surface area contributed by atoms with E-state index >= 15 is 0 Å². The van der Waals surface area contributed by atoms with Crippen molar-refractivity contribution in [3.8, 4) is 0 Å². The van der Waals surface area contributed by atoms with Crippen LogP contribution in [0.15, 0.2) is 18.5 Å². The highest BCUT2D eigenvalue weighted by atomic mass is 19.4. The van der Waals surface area contributed by atoms with Crippen LogP contribution < -0.4 is 5.32 Å². The number of rotatable bonds is 3. The highest BCUT2D eigenvalue weighted by Gasteiger charge is 2.35. The summed E-state index contributed by atoms with van der Waals surface area (Å²) >= 11 is 0. The van der Waals surface area contributed by atoms with Crippen LogP contribution in [0.5, 0.6) is 0 Å². The summed E-state index contributed by atoms with van der Waals surface area (Å²) in [7, 11) is 0. The minimum Gasteiger partial charge on any atom is -0.365 e. The first-order valence-corrected chi connectivity index (χ1v) is 7.40. The molecule has 0 bridgehead atoms. The van der Waals surface area contributed by atoms with Gasteiger partial charge in [0.2, 0.25) is 0 Å². The van der Waals surface area contributed by atoms with Gasteiger partial charge < -0.3 is 14.9 Å². The number of aryl methyl sites for hydroxylation is 2. The zero-order chi connectivity index (χ0) is 16.6. The monoisotopic (exact) mass is 326 g/mol. The van der Waals surface area contributed by atoms with Crippen LogP contribution in [0, 0.1) is 12.8 Å². The molecule has 23 heavy (non-hydrogen) atoms. The molecular weight excluding hydrogens is 309 g/mol. The van der Waals surface area contributed by atoms with Gasteiger partial charge in [-0.05, 0) is 25.3 Å². The Labute approximate surface area is 130 Å². The van der Waals surface area contributed by atoms with Crippen LogP contribution in [-0.4, -0.2) is 27.0 Å². The molecule has 2 aromatic heterocycles. The van der Waals surface area contributed by atoms with E-state index in [1.165, 1.54) is 0 Å². The molecule has 1 aliphatic rings. The first kappa shape index (κ1) is 15.6. The SMILES string of the molecule is Cc1[nH]ccc1C(=O)NCC1CCc2nc(C(F)(F)F)cn2C1. The van der Waals surface area contributed by atoms with Crippen LogP contribution in [0.4, 0.5) is 13.2 Å². The second-order valence-electron chi connectivity index (χ2n) is 5.82. The zero-order valence-corrected chi connectivity index (χ0v) is 12.6. The standard InChI is InChI=1S/C15H17F3N4O/c1-9-11(4-5-19-9)14(23)20-6-10-2-3-13-21-12(15(16,17)18)8-22(13)7-10/h4-5,8,10,19H,2-3,6-7H2,1H3,(H,20,23). The number of aromatic amines is 1. The van der Waals surface area contributed by atoms with Crippen LogP contribution in [-0.2, 0) is 19.1 Å². The number of H-pyrrole nitrogens is 1. The maximum Gasteiger partial charge on any atom is 0.434 e. The molecule has 2 aromatic rings. The van der Waals surface area contributed by atoms with Crippen LogP contribution in [0.1, 0.15) is 34.0 Å². The molecule has 8 heteroatoms. The molecular formula is C15H17F3N4O. The minimum absolute atomic E-state index is 0.0981. The van der Waals surface area contributed by atoms with Gasteiger partial charge in [0.15, 0.2) is 5.69 Å². The Hall–Kier alpha value is -2.25. The van der Waals surface area contributed by atoms with Gasteiger partial charge in [-0.2, -0.15) is 13.2 Å². The van der Waals surface area contributed by atoms with E-state index in [0.29, 0.717) is 37.3 Å². The van der Waals surface area contributed by atoms with E-state index in [-0.39, 0.29) is 11.8 Å². The Kier molecular flexibility index (Phi) is 3.91. The topological polar surface area (TPSA) is 62.7 Å². The average molecular weight is 326 g/mol. The highest BCUT2D eigenvalue weighted by molar-refractivity contribution is 5.95. The number of nitrogens with one attached hydrogen (secondary N) is 2. The number of aromatic nitrogens is 3. The smallest absolute Gasteiger partial charge is 0.365 e. The minimum atomic E-state index is -4.42. The normalized spacial score (nSPS) is 17.8. The summed E-state index contributed by atoms with van der Waals surface area (Å²) in [4.78, 5) is 18.6. The number of fused-ring (bicyclic) bond motifs is 1. The largest absolute Gasteiger partial charge is 0.434 e. The molecule has 0 saturated heterocycles. The Morgan fingerprint density at radius 2 is 2.30 bits per heavy atom. The number of amides is 1. The summed E-state index contributed by atoms with van der Waals surface area (Å²) in [5.74, 6) is 0.388. The molecule has 0 radical (unpaired) electrons. The lowest BCUT2D eigenvalue weighted by atomic mass is 9.99. The second-order valence-corrected chi connectivity index (χ2v) is 5.82. The van der Waals surface area contributed by atoms with E-state index < -0.39 is 11.9 Å². The van der Waals surface area contributed by atoms with Gasteiger partial charge in [-0.15, -0.1) is 0 Å². The van der Waals surface area contributed by atoms with Gasteiger partial charge in [0.1, 0.15) is 5.82 Å². The summed E-state index contributed by atoms with van der Waals surface area (Å²) in [6.07, 6.45) is -0.471. The first-order valence-electron chi connectivity index (χ1n) is 7.40. The Balaban J connectivity index is 1.61. The molecule has 3 rings (SSSR count). The van der Waals surface area contributed by atoms with Crippen molar-refractivity contribution in [1.29, 1.82) is 0 Å². The van der Waals surface area contributed by atoms with Crippen molar-refractivity contribution in [2.45, 2.75) is 32.5 Å². The van der Waals surface area contributed by atoms with Crippen LogP contribution in [0.3, 0.4) is 0 Å².